The lowest BCUT2D eigenvalue weighted by atomic mass is 9.76. The largest absolute Gasteiger partial charge is 0.378 e. The third-order valence-electron chi connectivity index (χ3n) is 6.03. The molecule has 0 aliphatic carbocycles. The molecule has 4 aromatic rings. The number of nitrogens with one attached hydrogen (secondary N) is 1. The highest BCUT2D eigenvalue weighted by atomic mass is 16.3. The van der Waals surface area contributed by atoms with Crippen molar-refractivity contribution in [2.75, 3.05) is 0 Å². The fourth-order valence-corrected chi connectivity index (χ4v) is 4.05. The zero-order chi connectivity index (χ0) is 24.1. The van der Waals surface area contributed by atoms with E-state index in [2.05, 4.69) is 5.32 Å². The third kappa shape index (κ3) is 4.68. The van der Waals surface area contributed by atoms with E-state index < -0.39 is 17.6 Å². The maximum Gasteiger partial charge on any atom is 0.251 e. The predicted octanol–water partition coefficient (Wildman–Crippen LogP) is 5.22. The van der Waals surface area contributed by atoms with Crippen LogP contribution in [-0.4, -0.2) is 22.8 Å². The molecular formula is C30H27NO3. The van der Waals surface area contributed by atoms with Gasteiger partial charge in [-0.1, -0.05) is 108 Å². The molecule has 0 bridgehead atoms. The number of carbonyl (C=O) groups excluding carboxylic acids is 2. The van der Waals surface area contributed by atoms with Crippen molar-refractivity contribution in [2.24, 2.45) is 0 Å². The zero-order valence-electron chi connectivity index (χ0n) is 19.2. The van der Waals surface area contributed by atoms with Gasteiger partial charge in [0.15, 0.2) is 5.78 Å². The van der Waals surface area contributed by atoms with Crippen LogP contribution in [0.3, 0.4) is 0 Å². The highest BCUT2D eigenvalue weighted by Gasteiger charge is 2.45. The van der Waals surface area contributed by atoms with Gasteiger partial charge in [0.1, 0.15) is 11.6 Å². The summed E-state index contributed by atoms with van der Waals surface area (Å²) in [6.45, 7) is 3.91. The van der Waals surface area contributed by atoms with Gasteiger partial charge in [-0.3, -0.25) is 9.59 Å². The first-order valence-electron chi connectivity index (χ1n) is 11.2. The molecule has 0 heterocycles. The number of benzene rings is 4. The van der Waals surface area contributed by atoms with E-state index in [9.17, 15) is 14.7 Å². The fourth-order valence-electron chi connectivity index (χ4n) is 4.05. The lowest BCUT2D eigenvalue weighted by Gasteiger charge is -2.37. The van der Waals surface area contributed by atoms with Crippen molar-refractivity contribution in [1.82, 2.24) is 5.32 Å². The highest BCUT2D eigenvalue weighted by molar-refractivity contribution is 6.05. The van der Waals surface area contributed by atoms with Gasteiger partial charge in [-0.15, -0.1) is 0 Å². The van der Waals surface area contributed by atoms with Gasteiger partial charge in [0.2, 0.25) is 0 Å². The topological polar surface area (TPSA) is 66.4 Å². The third-order valence-corrected chi connectivity index (χ3v) is 6.03. The summed E-state index contributed by atoms with van der Waals surface area (Å²) in [4.78, 5) is 27.1. The van der Waals surface area contributed by atoms with Crippen LogP contribution in [0.5, 0.6) is 0 Å². The molecule has 4 heteroatoms. The minimum absolute atomic E-state index is 0.381. The van der Waals surface area contributed by atoms with Gasteiger partial charge in [0.05, 0.1) is 0 Å². The van der Waals surface area contributed by atoms with Gasteiger partial charge in [-0.25, -0.2) is 0 Å². The van der Waals surface area contributed by atoms with Gasteiger partial charge in [0.25, 0.3) is 5.91 Å². The Labute approximate surface area is 199 Å². The van der Waals surface area contributed by atoms with Crippen LogP contribution in [0, 0.1) is 13.8 Å². The molecule has 0 aliphatic heterocycles. The smallest absolute Gasteiger partial charge is 0.251 e. The Kier molecular flexibility index (Phi) is 6.71. The van der Waals surface area contributed by atoms with Crippen LogP contribution < -0.4 is 5.32 Å². The molecule has 4 nitrogen and oxygen atoms in total. The number of carbonyl (C=O) groups is 2. The summed E-state index contributed by atoms with van der Waals surface area (Å²) in [7, 11) is 0. The van der Waals surface area contributed by atoms with Gasteiger partial charge >= 0.3 is 0 Å². The van der Waals surface area contributed by atoms with Crippen molar-refractivity contribution in [3.63, 3.8) is 0 Å². The molecule has 1 amide bonds. The van der Waals surface area contributed by atoms with Crippen LogP contribution in [0.25, 0.3) is 0 Å². The Morgan fingerprint density at radius 1 is 0.647 bits per heavy atom. The quantitative estimate of drug-likeness (QED) is 0.380. The molecule has 0 radical (unpaired) electrons. The molecule has 0 saturated carbocycles. The lowest BCUT2D eigenvalue weighted by Crippen LogP contribution is -2.56. The molecule has 0 spiro atoms. The second-order valence-corrected chi connectivity index (χ2v) is 8.50. The molecule has 2 N–H and O–H groups in total. The number of aryl methyl sites for hydroxylation is 2. The van der Waals surface area contributed by atoms with E-state index >= 15 is 0 Å². The van der Waals surface area contributed by atoms with E-state index in [4.69, 9.17) is 0 Å². The summed E-state index contributed by atoms with van der Waals surface area (Å²) in [5.74, 6) is -0.818. The molecule has 1 atom stereocenters. The average Bonchev–Trinajstić information content (AvgIpc) is 2.88. The minimum Gasteiger partial charge on any atom is -0.378 e. The van der Waals surface area contributed by atoms with Gasteiger partial charge in [-0.05, 0) is 37.1 Å². The lowest BCUT2D eigenvalue weighted by molar-refractivity contribution is 0.0320. The van der Waals surface area contributed by atoms with Crippen LogP contribution in [0.2, 0.25) is 0 Å². The van der Waals surface area contributed by atoms with E-state index in [1.54, 1.807) is 72.8 Å². The van der Waals surface area contributed by atoms with E-state index in [-0.39, 0.29) is 5.78 Å². The summed E-state index contributed by atoms with van der Waals surface area (Å²) >= 11 is 0. The van der Waals surface area contributed by atoms with E-state index in [0.717, 1.165) is 11.1 Å². The molecular weight excluding hydrogens is 422 g/mol. The summed E-state index contributed by atoms with van der Waals surface area (Å²) in [5, 5.41) is 15.2. The molecule has 34 heavy (non-hydrogen) atoms. The molecule has 0 unspecified atom stereocenters. The second kappa shape index (κ2) is 9.86. The highest BCUT2D eigenvalue weighted by Crippen LogP contribution is 2.35. The average molecular weight is 450 g/mol. The number of aliphatic hydroxyl groups is 1. The van der Waals surface area contributed by atoms with E-state index in [0.29, 0.717) is 22.3 Å². The molecule has 4 aromatic carbocycles. The maximum atomic E-state index is 13.9. The molecule has 0 aromatic heterocycles. The first-order valence-corrected chi connectivity index (χ1v) is 11.2. The SMILES string of the molecule is Cc1ccc(C(O)(c2ccc(C)cc2)[C@@H](NC(=O)c2ccccc2)C(=O)c2ccccc2)cc1. The monoisotopic (exact) mass is 449 g/mol. The van der Waals surface area contributed by atoms with Gasteiger partial charge < -0.3 is 10.4 Å². The van der Waals surface area contributed by atoms with Crippen molar-refractivity contribution >= 4 is 11.7 Å². The first kappa shape index (κ1) is 23.1. The van der Waals surface area contributed by atoms with Crippen LogP contribution in [0.1, 0.15) is 43.0 Å². The molecule has 0 fully saturated rings. The fraction of sp³-hybridized carbons (Fsp3) is 0.133. The summed E-state index contributed by atoms with van der Waals surface area (Å²) in [6, 6.07) is 30.9. The molecule has 4 rings (SSSR count). The molecule has 0 saturated heterocycles. The number of Topliss-reactive ketones (excluding diaryl/α,β-unsaturated/α-hetero) is 1. The second-order valence-electron chi connectivity index (χ2n) is 8.50. The van der Waals surface area contributed by atoms with Crippen LogP contribution in [0.15, 0.2) is 109 Å². The number of hydrogen-bond donors (Lipinski definition) is 2. The Bertz CT molecular complexity index is 1220. The van der Waals surface area contributed by atoms with E-state index in [1.807, 2.05) is 50.2 Å². The Morgan fingerprint density at radius 3 is 1.50 bits per heavy atom. The molecule has 0 aliphatic rings. The standard InChI is InChI=1S/C30H27NO3/c1-21-13-17-25(18-14-21)30(34,26-19-15-22(2)16-20-26)28(27(32)23-9-5-3-6-10-23)31-29(33)24-11-7-4-8-12-24/h3-20,28,34H,1-2H3,(H,31,33)/t28-/m0/s1. The van der Waals surface area contributed by atoms with Gasteiger partial charge in [-0.2, -0.15) is 0 Å². The Hall–Kier alpha value is -4.02. The Morgan fingerprint density at radius 2 is 1.06 bits per heavy atom. The number of ketones is 1. The van der Waals surface area contributed by atoms with Crippen molar-refractivity contribution in [3.8, 4) is 0 Å². The normalized spacial score (nSPS) is 12.1. The van der Waals surface area contributed by atoms with Crippen LogP contribution in [-0.2, 0) is 5.60 Å². The van der Waals surface area contributed by atoms with Crippen molar-refractivity contribution in [1.29, 1.82) is 0 Å². The first-order chi connectivity index (χ1) is 16.4. The summed E-state index contributed by atoms with van der Waals surface area (Å²) in [6.07, 6.45) is 0. The summed E-state index contributed by atoms with van der Waals surface area (Å²) in [5.41, 5.74) is 2.08. The molecule has 170 valence electrons. The van der Waals surface area contributed by atoms with Gasteiger partial charge in [0, 0.05) is 11.1 Å². The number of hydrogen-bond acceptors (Lipinski definition) is 3. The summed E-state index contributed by atoms with van der Waals surface area (Å²) < 4.78 is 0. The maximum absolute atomic E-state index is 13.9. The zero-order valence-corrected chi connectivity index (χ0v) is 19.2. The van der Waals surface area contributed by atoms with Crippen molar-refractivity contribution < 1.29 is 14.7 Å². The van der Waals surface area contributed by atoms with Crippen molar-refractivity contribution in [2.45, 2.75) is 25.5 Å². The van der Waals surface area contributed by atoms with Crippen LogP contribution >= 0.6 is 0 Å². The Balaban J connectivity index is 1.89. The van der Waals surface area contributed by atoms with E-state index in [1.165, 1.54) is 0 Å². The van der Waals surface area contributed by atoms with Crippen LogP contribution in [0.4, 0.5) is 0 Å². The minimum atomic E-state index is -1.81. The number of rotatable bonds is 7. The van der Waals surface area contributed by atoms with Crippen molar-refractivity contribution in [3.05, 3.63) is 143 Å². The predicted molar refractivity (Wildman–Crippen MR) is 134 cm³/mol. The number of amides is 1.